The molecule has 1 saturated carbocycles. The predicted octanol–water partition coefficient (Wildman–Crippen LogP) is 1.61. The number of piperidine rings is 3. The van der Waals surface area contributed by atoms with E-state index in [9.17, 15) is 4.79 Å². The summed E-state index contributed by atoms with van der Waals surface area (Å²) < 4.78 is 0. The Labute approximate surface area is 149 Å². The van der Waals surface area contributed by atoms with Crippen LogP contribution >= 0.6 is 0 Å². The van der Waals surface area contributed by atoms with E-state index < -0.39 is 0 Å². The Bertz CT molecular complexity index is 636. The Morgan fingerprint density at radius 1 is 1.24 bits per heavy atom. The number of carbonyl (C=O) groups excluding carboxylic acids is 1. The van der Waals surface area contributed by atoms with Gasteiger partial charge < -0.3 is 15.1 Å². The summed E-state index contributed by atoms with van der Waals surface area (Å²) in [6, 6.07) is 2.36. The van der Waals surface area contributed by atoms with Crippen molar-refractivity contribution >= 4 is 11.7 Å². The molecule has 0 aromatic carbocycles. The Balaban J connectivity index is 1.23. The lowest BCUT2D eigenvalue weighted by molar-refractivity contribution is -0.154. The molecule has 1 aromatic rings. The predicted molar refractivity (Wildman–Crippen MR) is 95.0 cm³/mol. The van der Waals surface area contributed by atoms with E-state index in [4.69, 9.17) is 0 Å². The zero-order chi connectivity index (χ0) is 16.9. The van der Waals surface area contributed by atoms with Gasteiger partial charge in [-0.25, -0.2) is 9.97 Å². The lowest BCUT2D eigenvalue weighted by atomic mass is 9.72. The minimum Gasteiger partial charge on any atom is -0.367 e. The average molecular weight is 341 g/mol. The molecule has 2 bridgehead atoms. The van der Waals surface area contributed by atoms with Gasteiger partial charge in [-0.1, -0.05) is 6.42 Å². The molecular weight excluding hydrogens is 314 g/mol. The van der Waals surface area contributed by atoms with Crippen LogP contribution in [-0.4, -0.2) is 64.4 Å². The van der Waals surface area contributed by atoms with Crippen LogP contribution < -0.4 is 5.32 Å². The highest BCUT2D eigenvalue weighted by atomic mass is 16.2. The van der Waals surface area contributed by atoms with Crippen molar-refractivity contribution in [1.29, 1.82) is 0 Å². The number of aromatic nitrogens is 2. The number of rotatable bonds is 3. The number of anilines is 1. The molecule has 1 aliphatic carbocycles. The van der Waals surface area contributed by atoms with Crippen LogP contribution in [0.2, 0.25) is 0 Å². The normalized spacial score (nSPS) is 35.6. The molecule has 6 nitrogen and oxygen atoms in total. The van der Waals surface area contributed by atoms with Crippen molar-refractivity contribution in [2.75, 3.05) is 38.0 Å². The first-order chi connectivity index (χ1) is 12.2. The first-order valence-corrected chi connectivity index (χ1v) is 9.77. The highest BCUT2D eigenvalue weighted by Gasteiger charge is 2.54. The van der Waals surface area contributed by atoms with Crippen LogP contribution in [0, 0.1) is 17.3 Å². The minimum atomic E-state index is 0.259. The first-order valence-electron chi connectivity index (χ1n) is 9.77. The Morgan fingerprint density at radius 3 is 2.76 bits per heavy atom. The third kappa shape index (κ3) is 2.62. The van der Waals surface area contributed by atoms with Crippen molar-refractivity contribution in [3.05, 3.63) is 18.6 Å². The Hall–Kier alpha value is -1.69. The van der Waals surface area contributed by atoms with Gasteiger partial charge in [0.05, 0.1) is 5.92 Å². The molecule has 6 heteroatoms. The first kappa shape index (κ1) is 15.6. The molecule has 5 aliphatic rings. The quantitative estimate of drug-likeness (QED) is 0.905. The summed E-state index contributed by atoms with van der Waals surface area (Å²) in [7, 11) is 0. The number of carbonyl (C=O) groups is 1. The number of hydrogen-bond donors (Lipinski definition) is 1. The third-order valence-electron chi connectivity index (χ3n) is 7.11. The van der Waals surface area contributed by atoms with E-state index in [0.29, 0.717) is 17.9 Å². The molecule has 134 valence electrons. The SMILES string of the molecule is O=C(C1CN2CCC1CC2)N1CC2(CCCC2Nc2ccncn2)C1. The van der Waals surface area contributed by atoms with E-state index in [-0.39, 0.29) is 11.3 Å². The molecule has 1 spiro atoms. The van der Waals surface area contributed by atoms with Gasteiger partial charge in [0.1, 0.15) is 12.1 Å². The Morgan fingerprint density at radius 2 is 2.08 bits per heavy atom. The van der Waals surface area contributed by atoms with E-state index in [0.717, 1.165) is 25.5 Å². The second-order valence-corrected chi connectivity index (χ2v) is 8.48. The van der Waals surface area contributed by atoms with E-state index in [1.807, 2.05) is 6.07 Å². The summed E-state index contributed by atoms with van der Waals surface area (Å²) in [6.45, 7) is 5.25. The highest BCUT2D eigenvalue weighted by molar-refractivity contribution is 5.80. The van der Waals surface area contributed by atoms with Crippen molar-refractivity contribution in [2.24, 2.45) is 17.3 Å². The van der Waals surface area contributed by atoms with Crippen LogP contribution in [0.1, 0.15) is 32.1 Å². The van der Waals surface area contributed by atoms with Crippen molar-refractivity contribution in [3.8, 4) is 0 Å². The van der Waals surface area contributed by atoms with Gasteiger partial charge in [-0.2, -0.15) is 0 Å². The van der Waals surface area contributed by atoms with Gasteiger partial charge in [-0.3, -0.25) is 4.79 Å². The maximum atomic E-state index is 13.0. The van der Waals surface area contributed by atoms with Gasteiger partial charge >= 0.3 is 0 Å². The second-order valence-electron chi connectivity index (χ2n) is 8.48. The summed E-state index contributed by atoms with van der Waals surface area (Å²) >= 11 is 0. The molecule has 4 saturated heterocycles. The van der Waals surface area contributed by atoms with Crippen LogP contribution in [0.5, 0.6) is 0 Å². The lowest BCUT2D eigenvalue weighted by Gasteiger charge is -2.54. The third-order valence-corrected chi connectivity index (χ3v) is 7.11. The molecule has 2 unspecified atom stereocenters. The number of likely N-dealkylation sites (tertiary alicyclic amines) is 1. The molecule has 6 rings (SSSR count). The number of nitrogens with zero attached hydrogens (tertiary/aromatic N) is 4. The van der Waals surface area contributed by atoms with Gasteiger partial charge in [0.15, 0.2) is 0 Å². The molecule has 1 aromatic heterocycles. The molecule has 1 amide bonds. The molecule has 25 heavy (non-hydrogen) atoms. The van der Waals surface area contributed by atoms with Crippen LogP contribution in [0.3, 0.4) is 0 Å². The van der Waals surface area contributed by atoms with E-state index in [1.165, 1.54) is 45.2 Å². The highest BCUT2D eigenvalue weighted by Crippen LogP contribution is 2.48. The van der Waals surface area contributed by atoms with Gasteiger partial charge in [0, 0.05) is 37.3 Å². The molecule has 5 fully saturated rings. The largest absolute Gasteiger partial charge is 0.367 e. The fourth-order valence-corrected chi connectivity index (χ4v) is 5.65. The van der Waals surface area contributed by atoms with Crippen molar-refractivity contribution < 1.29 is 4.79 Å². The van der Waals surface area contributed by atoms with Crippen LogP contribution in [0.15, 0.2) is 18.6 Å². The van der Waals surface area contributed by atoms with Crippen LogP contribution in [-0.2, 0) is 4.79 Å². The molecule has 5 heterocycles. The van der Waals surface area contributed by atoms with E-state index in [1.54, 1.807) is 12.5 Å². The van der Waals surface area contributed by atoms with Crippen molar-refractivity contribution in [2.45, 2.75) is 38.1 Å². The molecule has 2 atom stereocenters. The maximum absolute atomic E-state index is 13.0. The number of amides is 1. The Kier molecular flexibility index (Phi) is 3.69. The summed E-state index contributed by atoms with van der Waals surface area (Å²) in [5.74, 6) is 2.22. The summed E-state index contributed by atoms with van der Waals surface area (Å²) in [6.07, 6.45) is 9.44. The van der Waals surface area contributed by atoms with E-state index >= 15 is 0 Å². The minimum absolute atomic E-state index is 0.259. The summed E-state index contributed by atoms with van der Waals surface area (Å²) in [5.41, 5.74) is 0.259. The smallest absolute Gasteiger partial charge is 0.227 e. The average Bonchev–Trinajstić information content (AvgIpc) is 3.05. The second kappa shape index (κ2) is 5.94. The number of fused-ring (bicyclic) bond motifs is 3. The molecule has 4 aliphatic heterocycles. The fraction of sp³-hybridized carbons (Fsp3) is 0.737. The molecule has 1 N–H and O–H groups in total. The zero-order valence-corrected chi connectivity index (χ0v) is 14.7. The lowest BCUT2D eigenvalue weighted by Crippen LogP contribution is -2.65. The monoisotopic (exact) mass is 341 g/mol. The molecule has 0 radical (unpaired) electrons. The van der Waals surface area contributed by atoms with Gasteiger partial charge in [0.2, 0.25) is 5.91 Å². The van der Waals surface area contributed by atoms with Crippen molar-refractivity contribution in [3.63, 3.8) is 0 Å². The zero-order valence-electron chi connectivity index (χ0n) is 14.7. The molecular formula is C19H27N5O. The van der Waals surface area contributed by atoms with E-state index in [2.05, 4.69) is 25.1 Å². The summed E-state index contributed by atoms with van der Waals surface area (Å²) in [4.78, 5) is 26.0. The number of nitrogens with one attached hydrogen (secondary N) is 1. The summed E-state index contributed by atoms with van der Waals surface area (Å²) in [5, 5.41) is 3.60. The van der Waals surface area contributed by atoms with Crippen molar-refractivity contribution in [1.82, 2.24) is 19.8 Å². The number of hydrogen-bond acceptors (Lipinski definition) is 5. The van der Waals surface area contributed by atoms with Gasteiger partial charge in [-0.05, 0) is 50.8 Å². The van der Waals surface area contributed by atoms with Crippen LogP contribution in [0.25, 0.3) is 0 Å². The maximum Gasteiger partial charge on any atom is 0.227 e. The van der Waals surface area contributed by atoms with Crippen LogP contribution in [0.4, 0.5) is 5.82 Å². The van der Waals surface area contributed by atoms with Gasteiger partial charge in [-0.15, -0.1) is 0 Å². The topological polar surface area (TPSA) is 61.4 Å². The van der Waals surface area contributed by atoms with Gasteiger partial charge in [0.25, 0.3) is 0 Å². The fourth-order valence-electron chi connectivity index (χ4n) is 5.65. The standard InChI is InChI=1S/C19H27N5O/c25-18(15-10-23-8-4-14(15)5-9-23)24-11-19(12-24)6-1-2-16(19)22-17-3-7-20-13-21-17/h3,7,13-16H,1-2,4-6,8-12H2,(H,20,21,22).